The fourth-order valence-corrected chi connectivity index (χ4v) is 3.89. The molecule has 1 amide bonds. The Bertz CT molecular complexity index is 1030. The van der Waals surface area contributed by atoms with E-state index in [0.717, 1.165) is 11.3 Å². The maximum absolute atomic E-state index is 12.9. The molecule has 0 spiro atoms. The maximum Gasteiger partial charge on any atom is 0.415 e. The zero-order valence-electron chi connectivity index (χ0n) is 13.9. The molecule has 2 unspecified atom stereocenters. The average molecular weight is 367 g/mol. The van der Waals surface area contributed by atoms with Crippen LogP contribution in [0, 0.1) is 0 Å². The van der Waals surface area contributed by atoms with E-state index in [-0.39, 0.29) is 6.04 Å². The lowest BCUT2D eigenvalue weighted by Crippen LogP contribution is -2.27. The van der Waals surface area contributed by atoms with Crippen molar-refractivity contribution < 1.29 is 14.3 Å². The summed E-state index contributed by atoms with van der Waals surface area (Å²) in [5, 5.41) is 0.534. The first kappa shape index (κ1) is 15.3. The van der Waals surface area contributed by atoms with E-state index in [9.17, 15) is 4.79 Å². The molecule has 1 saturated heterocycles. The minimum atomic E-state index is -0.447. The van der Waals surface area contributed by atoms with E-state index in [1.807, 2.05) is 54.2 Å². The Morgan fingerprint density at radius 3 is 2.69 bits per heavy atom. The number of aromatic nitrogens is 1. The van der Waals surface area contributed by atoms with Gasteiger partial charge in [0, 0.05) is 23.8 Å². The molecular weight excluding hydrogens is 352 g/mol. The number of ether oxygens (including phenoxy) is 2. The molecule has 130 valence electrons. The lowest BCUT2D eigenvalue weighted by atomic mass is 9.97. The fraction of sp³-hybridized carbons (Fsp3) is 0.150. The van der Waals surface area contributed by atoms with Gasteiger partial charge in [0.2, 0.25) is 0 Å². The van der Waals surface area contributed by atoms with Crippen molar-refractivity contribution in [2.45, 2.75) is 12.1 Å². The number of carbonyl (C=O) groups excluding carboxylic acids is 1. The first-order valence-electron chi connectivity index (χ1n) is 8.31. The van der Waals surface area contributed by atoms with Crippen LogP contribution in [-0.2, 0) is 11.8 Å². The highest BCUT2D eigenvalue weighted by Crippen LogP contribution is 2.53. The quantitative estimate of drug-likeness (QED) is 0.592. The molecule has 0 bridgehead atoms. The van der Waals surface area contributed by atoms with E-state index in [4.69, 9.17) is 21.1 Å². The molecule has 3 heterocycles. The van der Waals surface area contributed by atoms with Crippen LogP contribution in [0.2, 0.25) is 5.02 Å². The number of halogens is 1. The topological polar surface area (TPSA) is 43.7 Å². The Morgan fingerprint density at radius 2 is 1.88 bits per heavy atom. The van der Waals surface area contributed by atoms with Crippen LogP contribution in [0.15, 0.2) is 60.8 Å². The molecule has 0 aliphatic carbocycles. The lowest BCUT2D eigenvalue weighted by molar-refractivity contribution is 0.128. The summed E-state index contributed by atoms with van der Waals surface area (Å²) in [4.78, 5) is 14.5. The molecule has 6 heteroatoms. The van der Waals surface area contributed by atoms with Crippen LogP contribution in [0.3, 0.4) is 0 Å². The Kier molecular flexibility index (Phi) is 3.27. The highest BCUT2D eigenvalue weighted by Gasteiger charge is 2.48. The molecule has 2 aliphatic rings. The number of rotatable bonds is 1. The molecule has 2 aromatic carbocycles. The summed E-state index contributed by atoms with van der Waals surface area (Å²) in [7, 11) is 1.94. The minimum Gasteiger partial charge on any atom is -0.455 e. The third-order valence-corrected chi connectivity index (χ3v) is 5.14. The zero-order chi connectivity index (χ0) is 17.8. The fourth-order valence-electron chi connectivity index (χ4n) is 3.72. The van der Waals surface area contributed by atoms with E-state index in [2.05, 4.69) is 0 Å². The molecular formula is C20H15ClN2O3. The number of fused-ring (bicyclic) bond motifs is 5. The number of hydrogen-bond acceptors (Lipinski definition) is 3. The summed E-state index contributed by atoms with van der Waals surface area (Å²) in [6, 6.07) is 16.6. The third kappa shape index (κ3) is 2.14. The van der Waals surface area contributed by atoms with Gasteiger partial charge in [-0.25, -0.2) is 4.79 Å². The minimum absolute atomic E-state index is 0.341. The van der Waals surface area contributed by atoms with Crippen LogP contribution in [0.25, 0.3) is 0 Å². The lowest BCUT2D eigenvalue weighted by Gasteiger charge is -2.24. The Balaban J connectivity index is 1.77. The van der Waals surface area contributed by atoms with Gasteiger partial charge in [-0.05, 0) is 36.4 Å². The van der Waals surface area contributed by atoms with Gasteiger partial charge < -0.3 is 14.0 Å². The Hall–Kier alpha value is -2.92. The van der Waals surface area contributed by atoms with Crippen molar-refractivity contribution >= 4 is 23.4 Å². The second-order valence-corrected chi connectivity index (χ2v) is 6.85. The van der Waals surface area contributed by atoms with Crippen LogP contribution in [0.1, 0.15) is 23.4 Å². The van der Waals surface area contributed by atoms with Crippen LogP contribution in [-0.4, -0.2) is 10.7 Å². The second kappa shape index (κ2) is 5.54. The first-order chi connectivity index (χ1) is 12.6. The number of anilines is 1. The van der Waals surface area contributed by atoms with Gasteiger partial charge in [-0.3, -0.25) is 4.90 Å². The van der Waals surface area contributed by atoms with E-state index >= 15 is 0 Å². The van der Waals surface area contributed by atoms with Crippen molar-refractivity contribution in [2.75, 3.05) is 4.90 Å². The highest BCUT2D eigenvalue weighted by molar-refractivity contribution is 6.31. The molecule has 5 rings (SSSR count). The molecule has 1 aromatic heterocycles. The van der Waals surface area contributed by atoms with E-state index < -0.39 is 12.2 Å². The van der Waals surface area contributed by atoms with Crippen molar-refractivity contribution in [3.63, 3.8) is 0 Å². The van der Waals surface area contributed by atoms with Crippen LogP contribution in [0.4, 0.5) is 10.5 Å². The third-order valence-electron chi connectivity index (χ3n) is 4.90. The summed E-state index contributed by atoms with van der Waals surface area (Å²) in [5.74, 6) is 1.29. The maximum atomic E-state index is 12.9. The smallest absolute Gasteiger partial charge is 0.415 e. The van der Waals surface area contributed by atoms with Gasteiger partial charge in [0.15, 0.2) is 11.9 Å². The normalized spacial score (nSPS) is 20.5. The number of aryl methyl sites for hydroxylation is 1. The average Bonchev–Trinajstić information content (AvgIpc) is 3.15. The van der Waals surface area contributed by atoms with Gasteiger partial charge in [-0.1, -0.05) is 29.8 Å². The predicted octanol–water partition coefficient (Wildman–Crippen LogP) is 5.22. The van der Waals surface area contributed by atoms with E-state index in [1.165, 1.54) is 0 Å². The van der Waals surface area contributed by atoms with Crippen LogP contribution >= 0.6 is 11.6 Å². The molecule has 0 saturated carbocycles. The molecule has 0 N–H and O–H groups in total. The summed E-state index contributed by atoms with van der Waals surface area (Å²) in [6.07, 6.45) is 1.08. The predicted molar refractivity (Wildman–Crippen MR) is 97.8 cm³/mol. The summed E-state index contributed by atoms with van der Waals surface area (Å²) in [5.41, 5.74) is 2.43. The molecule has 2 aliphatic heterocycles. The number of benzene rings is 2. The molecule has 26 heavy (non-hydrogen) atoms. The number of amides is 1. The molecule has 1 fully saturated rings. The SMILES string of the molecule is Cn1cccc1C1OC(=O)N2c3cc(Cl)ccc3Oc3ccccc3C12. The number of para-hydroxylation sites is 1. The van der Waals surface area contributed by atoms with Crippen LogP contribution < -0.4 is 9.64 Å². The summed E-state index contributed by atoms with van der Waals surface area (Å²) in [6.45, 7) is 0. The van der Waals surface area contributed by atoms with Crippen molar-refractivity contribution in [1.82, 2.24) is 4.57 Å². The van der Waals surface area contributed by atoms with Gasteiger partial charge in [0.05, 0.1) is 11.4 Å². The monoisotopic (exact) mass is 366 g/mol. The van der Waals surface area contributed by atoms with Gasteiger partial charge in [0.1, 0.15) is 11.8 Å². The van der Waals surface area contributed by atoms with Crippen molar-refractivity contribution in [3.05, 3.63) is 77.1 Å². The number of carbonyl (C=O) groups is 1. The molecule has 0 radical (unpaired) electrons. The first-order valence-corrected chi connectivity index (χ1v) is 8.68. The van der Waals surface area contributed by atoms with Gasteiger partial charge in [-0.2, -0.15) is 0 Å². The number of nitrogens with zero attached hydrogens (tertiary/aromatic N) is 2. The molecule has 5 nitrogen and oxygen atoms in total. The van der Waals surface area contributed by atoms with E-state index in [1.54, 1.807) is 23.1 Å². The van der Waals surface area contributed by atoms with Crippen molar-refractivity contribution in [1.29, 1.82) is 0 Å². The van der Waals surface area contributed by atoms with Gasteiger partial charge >= 0.3 is 6.09 Å². The molecule has 2 atom stereocenters. The van der Waals surface area contributed by atoms with Gasteiger partial charge in [0.25, 0.3) is 0 Å². The largest absolute Gasteiger partial charge is 0.455 e. The number of hydrogen-bond donors (Lipinski definition) is 0. The number of cyclic esters (lactones) is 1. The summed E-state index contributed by atoms with van der Waals surface area (Å²) < 4.78 is 13.9. The summed E-state index contributed by atoms with van der Waals surface area (Å²) >= 11 is 6.20. The van der Waals surface area contributed by atoms with Crippen molar-refractivity contribution in [2.24, 2.45) is 7.05 Å². The Morgan fingerprint density at radius 1 is 1.04 bits per heavy atom. The molecule has 3 aromatic rings. The Labute approximate surface area is 155 Å². The second-order valence-electron chi connectivity index (χ2n) is 6.42. The zero-order valence-corrected chi connectivity index (χ0v) is 14.7. The van der Waals surface area contributed by atoms with Gasteiger partial charge in [-0.15, -0.1) is 0 Å². The standard InChI is InChI=1S/C20H15ClN2O3/c1-22-10-4-6-14(22)19-18-13-5-2-3-7-16(13)25-17-9-8-12(21)11-15(17)23(18)20(24)26-19/h2-11,18-19H,1H3. The van der Waals surface area contributed by atoms with E-state index in [0.29, 0.717) is 22.2 Å². The van der Waals surface area contributed by atoms with Crippen LogP contribution in [0.5, 0.6) is 11.5 Å². The highest BCUT2D eigenvalue weighted by atomic mass is 35.5. The van der Waals surface area contributed by atoms with Crippen molar-refractivity contribution in [3.8, 4) is 11.5 Å².